The normalized spacial score (nSPS) is 11.2. The maximum atomic E-state index is 11.2. The standard InChI is InChI=1S/C10H12ClNO3S/c1-3-8-5-9(16(11,14)15)4-7(2)10(8)12-6-13/h4-6H,3H2,1-2H3,(H,12,13). The van der Waals surface area contributed by atoms with Crippen LogP contribution in [0.3, 0.4) is 0 Å². The number of carbonyl (C=O) groups is 1. The molecule has 1 amide bonds. The molecule has 1 N–H and O–H groups in total. The topological polar surface area (TPSA) is 63.2 Å². The molecular weight excluding hydrogens is 250 g/mol. The van der Waals surface area contributed by atoms with Crippen molar-refractivity contribution in [2.45, 2.75) is 25.2 Å². The Hall–Kier alpha value is -1.07. The lowest BCUT2D eigenvalue weighted by molar-refractivity contribution is -0.105. The van der Waals surface area contributed by atoms with Crippen LogP contribution in [0.2, 0.25) is 0 Å². The second kappa shape index (κ2) is 4.84. The minimum absolute atomic E-state index is 0.0555. The van der Waals surface area contributed by atoms with Crippen LogP contribution in [-0.4, -0.2) is 14.8 Å². The first kappa shape index (κ1) is 13.0. The van der Waals surface area contributed by atoms with Crippen LogP contribution in [0.1, 0.15) is 18.1 Å². The number of carbonyl (C=O) groups excluding carboxylic acids is 1. The van der Waals surface area contributed by atoms with E-state index >= 15 is 0 Å². The van der Waals surface area contributed by atoms with Crippen molar-refractivity contribution in [1.29, 1.82) is 0 Å². The van der Waals surface area contributed by atoms with Crippen LogP contribution in [-0.2, 0) is 20.3 Å². The predicted molar refractivity (Wildman–Crippen MR) is 63.3 cm³/mol. The number of halogens is 1. The fraction of sp³-hybridized carbons (Fsp3) is 0.300. The smallest absolute Gasteiger partial charge is 0.261 e. The summed E-state index contributed by atoms with van der Waals surface area (Å²) >= 11 is 0. The van der Waals surface area contributed by atoms with Crippen LogP contribution in [0.5, 0.6) is 0 Å². The van der Waals surface area contributed by atoms with Crippen LogP contribution in [0.15, 0.2) is 17.0 Å². The average Bonchev–Trinajstić information content (AvgIpc) is 2.19. The van der Waals surface area contributed by atoms with Gasteiger partial charge in [-0.15, -0.1) is 0 Å². The zero-order valence-corrected chi connectivity index (χ0v) is 10.5. The molecular formula is C10H12ClNO3S. The zero-order chi connectivity index (χ0) is 12.3. The monoisotopic (exact) mass is 261 g/mol. The van der Waals surface area contributed by atoms with Gasteiger partial charge in [0, 0.05) is 16.4 Å². The first-order valence-corrected chi connectivity index (χ1v) is 6.99. The van der Waals surface area contributed by atoms with Gasteiger partial charge in [0.2, 0.25) is 6.41 Å². The Balaban J connectivity index is 3.43. The van der Waals surface area contributed by atoms with Crippen molar-refractivity contribution in [3.8, 4) is 0 Å². The molecule has 0 aliphatic carbocycles. The lowest BCUT2D eigenvalue weighted by Crippen LogP contribution is -2.03. The predicted octanol–water partition coefficient (Wildman–Crippen LogP) is 2.05. The van der Waals surface area contributed by atoms with E-state index in [9.17, 15) is 13.2 Å². The highest BCUT2D eigenvalue weighted by Gasteiger charge is 2.14. The molecule has 0 spiro atoms. The van der Waals surface area contributed by atoms with E-state index in [1.165, 1.54) is 12.1 Å². The van der Waals surface area contributed by atoms with Gasteiger partial charge in [0.25, 0.3) is 9.05 Å². The number of aryl methyl sites for hydroxylation is 2. The first-order chi connectivity index (χ1) is 7.40. The van der Waals surface area contributed by atoms with E-state index in [1.54, 1.807) is 6.92 Å². The molecule has 4 nitrogen and oxygen atoms in total. The van der Waals surface area contributed by atoms with E-state index in [1.807, 2.05) is 6.92 Å². The molecule has 1 aromatic rings. The molecule has 0 atom stereocenters. The van der Waals surface area contributed by atoms with Crippen molar-refractivity contribution in [3.05, 3.63) is 23.3 Å². The molecule has 0 radical (unpaired) electrons. The molecule has 0 aliphatic rings. The molecule has 0 unspecified atom stereocenters. The van der Waals surface area contributed by atoms with Gasteiger partial charge in [-0.1, -0.05) is 6.92 Å². The van der Waals surface area contributed by atoms with Crippen molar-refractivity contribution >= 4 is 31.8 Å². The number of nitrogens with one attached hydrogen (secondary N) is 1. The lowest BCUT2D eigenvalue weighted by Gasteiger charge is -2.11. The highest BCUT2D eigenvalue weighted by Crippen LogP contribution is 2.27. The second-order valence-electron chi connectivity index (χ2n) is 3.33. The molecule has 0 heterocycles. The SMILES string of the molecule is CCc1cc(S(=O)(=O)Cl)cc(C)c1NC=O. The third-order valence-corrected chi connectivity index (χ3v) is 3.59. The molecule has 0 aliphatic heterocycles. The van der Waals surface area contributed by atoms with Gasteiger partial charge in [-0.2, -0.15) is 0 Å². The molecule has 0 saturated heterocycles. The summed E-state index contributed by atoms with van der Waals surface area (Å²) in [6.07, 6.45) is 1.17. The van der Waals surface area contributed by atoms with Crippen LogP contribution in [0.25, 0.3) is 0 Å². The Morgan fingerprint density at radius 1 is 1.44 bits per heavy atom. The van der Waals surface area contributed by atoms with Gasteiger partial charge in [0.15, 0.2) is 0 Å². The molecule has 0 bridgehead atoms. The number of anilines is 1. The third-order valence-electron chi connectivity index (χ3n) is 2.26. The zero-order valence-electron chi connectivity index (χ0n) is 8.95. The minimum Gasteiger partial charge on any atom is -0.328 e. The van der Waals surface area contributed by atoms with Crippen LogP contribution in [0.4, 0.5) is 5.69 Å². The molecule has 1 rings (SSSR count). The van der Waals surface area contributed by atoms with Crippen LogP contribution in [0, 0.1) is 6.92 Å². The van der Waals surface area contributed by atoms with Gasteiger partial charge in [-0.05, 0) is 36.6 Å². The van der Waals surface area contributed by atoms with Crippen molar-refractivity contribution < 1.29 is 13.2 Å². The molecule has 6 heteroatoms. The molecule has 0 fully saturated rings. The summed E-state index contributed by atoms with van der Waals surface area (Å²) < 4.78 is 22.4. The Kier molecular flexibility index (Phi) is 3.93. The summed E-state index contributed by atoms with van der Waals surface area (Å²) in [6.45, 7) is 3.59. The number of benzene rings is 1. The molecule has 16 heavy (non-hydrogen) atoms. The number of hydrogen-bond donors (Lipinski definition) is 1. The minimum atomic E-state index is -3.73. The van der Waals surface area contributed by atoms with Gasteiger partial charge >= 0.3 is 0 Å². The molecule has 88 valence electrons. The molecule has 0 saturated carbocycles. The number of hydrogen-bond acceptors (Lipinski definition) is 3. The van der Waals surface area contributed by atoms with Crippen molar-refractivity contribution in [1.82, 2.24) is 0 Å². The van der Waals surface area contributed by atoms with Crippen molar-refractivity contribution in [3.63, 3.8) is 0 Å². The summed E-state index contributed by atoms with van der Waals surface area (Å²) in [5, 5.41) is 2.56. The van der Waals surface area contributed by atoms with Gasteiger partial charge in [-0.25, -0.2) is 8.42 Å². The first-order valence-electron chi connectivity index (χ1n) is 4.68. The van der Waals surface area contributed by atoms with Gasteiger partial charge < -0.3 is 5.32 Å². The summed E-state index contributed by atoms with van der Waals surface area (Å²) in [6, 6.07) is 2.91. The van der Waals surface area contributed by atoms with Gasteiger partial charge in [0.1, 0.15) is 0 Å². The second-order valence-corrected chi connectivity index (χ2v) is 5.89. The summed E-state index contributed by atoms with van der Waals surface area (Å²) in [4.78, 5) is 10.5. The van der Waals surface area contributed by atoms with Gasteiger partial charge in [0.05, 0.1) is 4.90 Å². The maximum Gasteiger partial charge on any atom is 0.261 e. The largest absolute Gasteiger partial charge is 0.328 e. The fourth-order valence-electron chi connectivity index (χ4n) is 1.51. The van der Waals surface area contributed by atoms with Crippen LogP contribution < -0.4 is 5.32 Å². The summed E-state index contributed by atoms with van der Waals surface area (Å²) in [5.41, 5.74) is 2.05. The van der Waals surface area contributed by atoms with Crippen LogP contribution >= 0.6 is 10.7 Å². The highest BCUT2D eigenvalue weighted by molar-refractivity contribution is 8.13. The van der Waals surface area contributed by atoms with E-state index in [0.717, 1.165) is 5.56 Å². The Bertz CT molecular complexity index is 511. The lowest BCUT2D eigenvalue weighted by atomic mass is 10.1. The summed E-state index contributed by atoms with van der Waals surface area (Å²) in [7, 11) is 1.54. The highest BCUT2D eigenvalue weighted by atomic mass is 35.7. The van der Waals surface area contributed by atoms with E-state index in [4.69, 9.17) is 10.7 Å². The third kappa shape index (κ3) is 2.74. The Morgan fingerprint density at radius 2 is 2.06 bits per heavy atom. The maximum absolute atomic E-state index is 11.2. The summed E-state index contributed by atoms with van der Waals surface area (Å²) in [5.74, 6) is 0. The Morgan fingerprint density at radius 3 is 2.50 bits per heavy atom. The average molecular weight is 262 g/mol. The van der Waals surface area contributed by atoms with Gasteiger partial charge in [-0.3, -0.25) is 4.79 Å². The van der Waals surface area contributed by atoms with Crippen molar-refractivity contribution in [2.75, 3.05) is 5.32 Å². The van der Waals surface area contributed by atoms with E-state index < -0.39 is 9.05 Å². The molecule has 1 aromatic carbocycles. The van der Waals surface area contributed by atoms with E-state index in [-0.39, 0.29) is 4.90 Å². The van der Waals surface area contributed by atoms with E-state index in [2.05, 4.69) is 5.32 Å². The number of rotatable bonds is 4. The van der Waals surface area contributed by atoms with E-state index in [0.29, 0.717) is 24.1 Å². The number of amides is 1. The van der Waals surface area contributed by atoms with Crippen molar-refractivity contribution in [2.24, 2.45) is 0 Å². The fourth-order valence-corrected chi connectivity index (χ4v) is 2.38. The molecule has 0 aromatic heterocycles. The quantitative estimate of drug-likeness (QED) is 0.666. The Labute approximate surface area is 99.0 Å².